The van der Waals surface area contributed by atoms with Crippen LogP contribution in [0.4, 0.5) is 0 Å². The van der Waals surface area contributed by atoms with Crippen LogP contribution < -0.4 is 5.73 Å². The summed E-state index contributed by atoms with van der Waals surface area (Å²) in [6.45, 7) is 1.75. The van der Waals surface area contributed by atoms with Crippen LogP contribution in [-0.4, -0.2) is 65.8 Å². The zero-order valence-electron chi connectivity index (χ0n) is 26.9. The minimum Gasteiger partial charge on any atom is -0.478 e. The van der Waals surface area contributed by atoms with Gasteiger partial charge in [-0.3, -0.25) is 20.1 Å². The third-order valence-electron chi connectivity index (χ3n) is 8.74. The largest absolute Gasteiger partial charge is 0.478 e. The van der Waals surface area contributed by atoms with Gasteiger partial charge in [0.2, 0.25) is 5.66 Å². The molecule has 1 heterocycles. The van der Waals surface area contributed by atoms with Gasteiger partial charge in [-0.05, 0) is 35.2 Å². The fourth-order valence-electron chi connectivity index (χ4n) is 6.55. The van der Waals surface area contributed by atoms with Gasteiger partial charge in [0.05, 0.1) is 17.0 Å². The molecule has 3 N–H and O–H groups in total. The Labute approximate surface area is 279 Å². The molecule has 1 aliphatic rings. The summed E-state index contributed by atoms with van der Waals surface area (Å²) in [5.74, 6) is -6.21. The van der Waals surface area contributed by atoms with Crippen LogP contribution in [0.5, 0.6) is 0 Å². The fourth-order valence-corrected chi connectivity index (χ4v) is 6.55. The maximum Gasteiger partial charge on any atom is 0.346 e. The first kappa shape index (κ1) is 34.3. The monoisotopic (exact) mass is 650 g/mol. The fraction of sp³-hybridized carbons (Fsp3) is 0.263. The number of rotatable bonds is 15. The number of ketones is 1. The van der Waals surface area contributed by atoms with E-state index in [0.29, 0.717) is 28.0 Å². The predicted octanol–water partition coefficient (Wildman–Crippen LogP) is 5.00. The van der Waals surface area contributed by atoms with Gasteiger partial charge in [0, 0.05) is 20.6 Å². The van der Waals surface area contributed by atoms with E-state index in [1.165, 1.54) is 26.4 Å². The summed E-state index contributed by atoms with van der Waals surface area (Å²) in [5, 5.41) is 11.0. The predicted molar refractivity (Wildman–Crippen MR) is 177 cm³/mol. The van der Waals surface area contributed by atoms with E-state index in [1.807, 2.05) is 91.0 Å². The molecule has 48 heavy (non-hydrogen) atoms. The van der Waals surface area contributed by atoms with Crippen LogP contribution in [0.15, 0.2) is 115 Å². The molecule has 2 amide bonds. The molecule has 0 aromatic heterocycles. The lowest BCUT2D eigenvalue weighted by Gasteiger charge is -2.47. The third-order valence-corrected chi connectivity index (χ3v) is 8.74. The molecule has 10 heteroatoms. The number of carboxylic acid groups (broad SMARTS) is 1. The summed E-state index contributed by atoms with van der Waals surface area (Å²) < 4.78 is 18.7. The second-order valence-electron chi connectivity index (χ2n) is 11.5. The Kier molecular flexibility index (Phi) is 10.3. The molecule has 0 radical (unpaired) electrons. The van der Waals surface area contributed by atoms with E-state index in [9.17, 15) is 24.3 Å². The number of hydrogen-bond donors (Lipinski definition) is 2. The number of hydrogen-bond acceptors (Lipinski definition) is 8. The van der Waals surface area contributed by atoms with Gasteiger partial charge in [-0.2, -0.15) is 0 Å². The maximum absolute atomic E-state index is 14.4. The van der Waals surface area contributed by atoms with Crippen LogP contribution in [0.3, 0.4) is 0 Å². The Bertz CT molecular complexity index is 1630. The molecule has 0 saturated carbocycles. The second kappa shape index (κ2) is 14.4. The molecule has 1 aliphatic heterocycles. The van der Waals surface area contributed by atoms with Gasteiger partial charge in [-0.15, -0.1) is 0 Å². The van der Waals surface area contributed by atoms with Crippen molar-refractivity contribution >= 4 is 23.6 Å². The van der Waals surface area contributed by atoms with E-state index in [0.717, 1.165) is 0 Å². The van der Waals surface area contributed by atoms with Crippen LogP contribution in [0.1, 0.15) is 57.2 Å². The van der Waals surface area contributed by atoms with E-state index < -0.39 is 53.1 Å². The zero-order valence-corrected chi connectivity index (χ0v) is 26.9. The topological polar surface area (TPSA) is 145 Å². The van der Waals surface area contributed by atoms with Crippen molar-refractivity contribution in [3.05, 3.63) is 143 Å². The van der Waals surface area contributed by atoms with Crippen molar-refractivity contribution in [2.24, 2.45) is 11.7 Å². The van der Waals surface area contributed by atoms with Gasteiger partial charge in [0.15, 0.2) is 6.29 Å². The molecular formula is C38H38N2O8. The number of benzene rings is 4. The minimum atomic E-state index is -2.94. The number of carboxylic acids is 1. The zero-order chi connectivity index (χ0) is 34.5. The Morgan fingerprint density at radius 3 is 1.48 bits per heavy atom. The van der Waals surface area contributed by atoms with E-state index in [1.54, 1.807) is 19.1 Å². The quantitative estimate of drug-likeness (QED) is 0.103. The van der Waals surface area contributed by atoms with Crippen LogP contribution in [0.25, 0.3) is 0 Å². The third kappa shape index (κ3) is 5.84. The Morgan fingerprint density at radius 2 is 1.12 bits per heavy atom. The van der Waals surface area contributed by atoms with Gasteiger partial charge in [-0.1, -0.05) is 110 Å². The number of carbonyl (C=O) groups excluding carboxylic acids is 3. The van der Waals surface area contributed by atoms with Crippen molar-refractivity contribution in [1.29, 1.82) is 0 Å². The minimum absolute atomic E-state index is 0.0278. The average molecular weight is 651 g/mol. The molecule has 10 nitrogen and oxygen atoms in total. The van der Waals surface area contributed by atoms with E-state index in [2.05, 4.69) is 0 Å². The molecule has 3 atom stereocenters. The van der Waals surface area contributed by atoms with Crippen molar-refractivity contribution in [3.8, 4) is 0 Å². The number of carbonyl (C=O) groups is 4. The highest BCUT2D eigenvalue weighted by atomic mass is 16.7. The number of nitrogens with two attached hydrogens (primary N) is 1. The molecule has 0 aliphatic carbocycles. The molecule has 248 valence electrons. The van der Waals surface area contributed by atoms with Crippen molar-refractivity contribution in [1.82, 2.24) is 4.90 Å². The normalized spacial score (nSPS) is 15.6. The highest BCUT2D eigenvalue weighted by Crippen LogP contribution is 2.45. The number of aliphatic carboxylic acids is 1. The van der Waals surface area contributed by atoms with Crippen molar-refractivity contribution in [2.45, 2.75) is 43.4 Å². The van der Waals surface area contributed by atoms with Gasteiger partial charge in [-0.25, -0.2) is 9.69 Å². The number of imide groups is 1. The van der Waals surface area contributed by atoms with Crippen LogP contribution in [0.2, 0.25) is 0 Å². The number of methoxy groups -OCH3 is 2. The summed E-state index contributed by atoms with van der Waals surface area (Å²) in [5.41, 5.74) is 4.26. The number of amides is 2. The standard InChI is InChI=1S/C38H38N2O8/c1-4-16-30(41)31(38(39,36(44)45)40-33(42)28-23-14-15-24-29(28)34(40)43)32(35(46-2)47-3)48-37(25-17-8-5-9-18-25,26-19-10-6-11-20-26)27-21-12-7-13-22-27/h5-15,17-24,31-32,35H,4,16,39H2,1-3H3,(H,44,45). The number of nitrogens with zero attached hydrogens (tertiary/aromatic N) is 1. The second-order valence-corrected chi connectivity index (χ2v) is 11.5. The number of fused-ring (bicyclic) bond motifs is 1. The highest BCUT2D eigenvalue weighted by Gasteiger charge is 2.62. The van der Waals surface area contributed by atoms with Gasteiger partial charge >= 0.3 is 5.97 Å². The molecule has 0 bridgehead atoms. The van der Waals surface area contributed by atoms with E-state index in [4.69, 9.17) is 19.9 Å². The number of ether oxygens (including phenoxy) is 3. The van der Waals surface area contributed by atoms with Crippen LogP contribution in [-0.2, 0) is 29.4 Å². The van der Waals surface area contributed by atoms with Gasteiger partial charge in [0.25, 0.3) is 11.8 Å². The van der Waals surface area contributed by atoms with Gasteiger partial charge in [0.1, 0.15) is 17.5 Å². The van der Waals surface area contributed by atoms with Gasteiger partial charge < -0.3 is 19.3 Å². The first-order valence-electron chi connectivity index (χ1n) is 15.6. The molecule has 5 rings (SSSR count). The SMILES string of the molecule is CCCC(=O)C(C(OC(c1ccccc1)(c1ccccc1)c1ccccc1)C(OC)OC)C(N)(C(=O)O)N1C(=O)c2ccccc2C1=O. The first-order chi connectivity index (χ1) is 23.2. The van der Waals surface area contributed by atoms with Crippen LogP contribution >= 0.6 is 0 Å². The molecular weight excluding hydrogens is 612 g/mol. The summed E-state index contributed by atoms with van der Waals surface area (Å²) >= 11 is 0. The van der Waals surface area contributed by atoms with E-state index >= 15 is 0 Å². The average Bonchev–Trinajstić information content (AvgIpc) is 3.38. The van der Waals surface area contributed by atoms with Crippen molar-refractivity contribution in [2.75, 3.05) is 14.2 Å². The summed E-state index contributed by atoms with van der Waals surface area (Å²) in [7, 11) is 2.64. The molecule has 4 aromatic rings. The lowest BCUT2D eigenvalue weighted by molar-refractivity contribution is -0.231. The molecule has 4 aromatic carbocycles. The first-order valence-corrected chi connectivity index (χ1v) is 15.6. The van der Waals surface area contributed by atoms with E-state index in [-0.39, 0.29) is 17.5 Å². The smallest absolute Gasteiger partial charge is 0.346 e. The van der Waals surface area contributed by atoms with Crippen molar-refractivity contribution < 1.29 is 38.5 Å². The summed E-state index contributed by atoms with van der Waals surface area (Å²) in [4.78, 5) is 56.2. The molecule has 0 spiro atoms. The highest BCUT2D eigenvalue weighted by molar-refractivity contribution is 6.23. The molecule has 3 unspecified atom stereocenters. The lowest BCUT2D eigenvalue weighted by Crippen LogP contribution is -2.73. The molecule has 0 saturated heterocycles. The Hall–Kier alpha value is -5.00. The Morgan fingerprint density at radius 1 is 0.729 bits per heavy atom. The molecule has 0 fully saturated rings. The Balaban J connectivity index is 1.82. The lowest BCUT2D eigenvalue weighted by atomic mass is 9.77. The summed E-state index contributed by atoms with van der Waals surface area (Å²) in [6, 6.07) is 33.6. The van der Waals surface area contributed by atoms with Crippen LogP contribution in [0, 0.1) is 5.92 Å². The maximum atomic E-state index is 14.4. The van der Waals surface area contributed by atoms with Crippen molar-refractivity contribution in [3.63, 3.8) is 0 Å². The number of Topliss-reactive ketones (excluding diaryl/α,β-unsaturated/α-hetero) is 1. The summed E-state index contributed by atoms with van der Waals surface area (Å²) in [6.07, 6.45) is -2.84.